The molecule has 0 aliphatic carbocycles. The molecular weight excluding hydrogens is 176 g/mol. The van der Waals surface area contributed by atoms with E-state index in [0.717, 1.165) is 18.7 Å². The van der Waals surface area contributed by atoms with Crippen molar-refractivity contribution >= 4 is 5.69 Å². The summed E-state index contributed by atoms with van der Waals surface area (Å²) in [7, 11) is 3.71. The van der Waals surface area contributed by atoms with Gasteiger partial charge in [0.05, 0.1) is 7.11 Å². The van der Waals surface area contributed by atoms with Gasteiger partial charge in [-0.3, -0.25) is 0 Å². The van der Waals surface area contributed by atoms with Gasteiger partial charge >= 0.3 is 0 Å². The molecular formula is C11H16N2O. The van der Waals surface area contributed by atoms with E-state index >= 15 is 0 Å². The van der Waals surface area contributed by atoms with Crippen molar-refractivity contribution in [2.45, 2.75) is 12.5 Å². The van der Waals surface area contributed by atoms with Gasteiger partial charge in [-0.25, -0.2) is 0 Å². The Morgan fingerprint density at radius 3 is 3.07 bits per heavy atom. The zero-order valence-electron chi connectivity index (χ0n) is 8.63. The summed E-state index contributed by atoms with van der Waals surface area (Å²) in [6.07, 6.45) is 1.03. The predicted molar refractivity (Wildman–Crippen MR) is 58.0 cm³/mol. The molecule has 1 unspecified atom stereocenters. The minimum atomic E-state index is 0.499. The average Bonchev–Trinajstić information content (AvgIpc) is 2.27. The summed E-state index contributed by atoms with van der Waals surface area (Å²) in [5, 5.41) is 6.67. The van der Waals surface area contributed by atoms with Gasteiger partial charge in [0, 0.05) is 23.8 Å². The van der Waals surface area contributed by atoms with Crippen LogP contribution in [0.4, 0.5) is 5.69 Å². The van der Waals surface area contributed by atoms with Gasteiger partial charge in [-0.1, -0.05) is 6.07 Å². The Bertz CT molecular complexity index is 311. The minimum absolute atomic E-state index is 0.499. The lowest BCUT2D eigenvalue weighted by atomic mass is 9.99. The normalized spacial score (nSPS) is 19.7. The van der Waals surface area contributed by atoms with Crippen molar-refractivity contribution < 1.29 is 4.74 Å². The fourth-order valence-electron chi connectivity index (χ4n) is 1.89. The quantitative estimate of drug-likeness (QED) is 0.740. The summed E-state index contributed by atoms with van der Waals surface area (Å²) in [5.74, 6) is 0.981. The largest absolute Gasteiger partial charge is 0.496 e. The first kappa shape index (κ1) is 9.34. The highest BCUT2D eigenvalue weighted by atomic mass is 16.5. The summed E-state index contributed by atoms with van der Waals surface area (Å²) < 4.78 is 5.34. The van der Waals surface area contributed by atoms with E-state index in [1.165, 1.54) is 11.3 Å². The van der Waals surface area contributed by atoms with Crippen molar-refractivity contribution in [3.05, 3.63) is 23.8 Å². The molecule has 0 fully saturated rings. The Labute approximate surface area is 84.5 Å². The molecule has 1 aliphatic rings. The van der Waals surface area contributed by atoms with Crippen LogP contribution in [0.1, 0.15) is 5.56 Å². The third-order valence-corrected chi connectivity index (χ3v) is 2.75. The maximum atomic E-state index is 5.34. The van der Waals surface area contributed by atoms with Crippen molar-refractivity contribution in [1.29, 1.82) is 0 Å². The molecule has 14 heavy (non-hydrogen) atoms. The molecule has 3 nitrogen and oxygen atoms in total. The molecule has 2 rings (SSSR count). The number of benzene rings is 1. The number of nitrogens with one attached hydrogen (secondary N) is 2. The van der Waals surface area contributed by atoms with Crippen LogP contribution in [0.15, 0.2) is 18.2 Å². The SMILES string of the molecule is CNC1CNc2cccc(OC)c2C1. The predicted octanol–water partition coefficient (Wildman–Crippen LogP) is 1.25. The van der Waals surface area contributed by atoms with Gasteiger partial charge in [-0.2, -0.15) is 0 Å². The number of methoxy groups -OCH3 is 1. The molecule has 1 heterocycles. The zero-order chi connectivity index (χ0) is 9.97. The van der Waals surface area contributed by atoms with E-state index in [4.69, 9.17) is 4.74 Å². The van der Waals surface area contributed by atoms with Gasteiger partial charge in [0.25, 0.3) is 0 Å². The van der Waals surface area contributed by atoms with E-state index in [2.05, 4.69) is 16.7 Å². The topological polar surface area (TPSA) is 33.3 Å². The number of anilines is 1. The summed E-state index contributed by atoms with van der Waals surface area (Å²) in [4.78, 5) is 0. The smallest absolute Gasteiger partial charge is 0.124 e. The number of hydrogen-bond donors (Lipinski definition) is 2. The lowest BCUT2D eigenvalue weighted by molar-refractivity contribution is 0.405. The third kappa shape index (κ3) is 1.55. The molecule has 1 aliphatic heterocycles. The van der Waals surface area contributed by atoms with Crippen LogP contribution in [0.5, 0.6) is 5.75 Å². The standard InChI is InChI=1S/C11H16N2O/c1-12-8-6-9-10(13-7-8)4-3-5-11(9)14-2/h3-5,8,12-13H,6-7H2,1-2H3. The van der Waals surface area contributed by atoms with Crippen LogP contribution in [0, 0.1) is 0 Å². The molecule has 0 radical (unpaired) electrons. The maximum Gasteiger partial charge on any atom is 0.124 e. The molecule has 0 bridgehead atoms. The number of rotatable bonds is 2. The molecule has 0 saturated heterocycles. The number of ether oxygens (including phenoxy) is 1. The van der Waals surface area contributed by atoms with Crippen LogP contribution in [0.3, 0.4) is 0 Å². The first-order valence-electron chi connectivity index (χ1n) is 4.92. The molecule has 0 aromatic heterocycles. The van der Waals surface area contributed by atoms with E-state index < -0.39 is 0 Å². The lowest BCUT2D eigenvalue weighted by Gasteiger charge is -2.27. The highest BCUT2D eigenvalue weighted by Crippen LogP contribution is 2.30. The van der Waals surface area contributed by atoms with Gasteiger partial charge in [-0.05, 0) is 25.6 Å². The fourth-order valence-corrected chi connectivity index (χ4v) is 1.89. The molecule has 2 N–H and O–H groups in total. The van der Waals surface area contributed by atoms with Crippen molar-refractivity contribution in [2.24, 2.45) is 0 Å². The Morgan fingerprint density at radius 1 is 1.50 bits per heavy atom. The van der Waals surface area contributed by atoms with Crippen molar-refractivity contribution in [3.63, 3.8) is 0 Å². The highest BCUT2D eigenvalue weighted by Gasteiger charge is 2.19. The van der Waals surface area contributed by atoms with Crippen LogP contribution < -0.4 is 15.4 Å². The molecule has 0 spiro atoms. The first-order valence-corrected chi connectivity index (χ1v) is 4.92. The molecule has 0 saturated carbocycles. The Hall–Kier alpha value is -1.22. The van der Waals surface area contributed by atoms with Gasteiger partial charge in [0.2, 0.25) is 0 Å². The van der Waals surface area contributed by atoms with E-state index in [1.54, 1.807) is 7.11 Å². The van der Waals surface area contributed by atoms with Gasteiger partial charge in [0.15, 0.2) is 0 Å². The lowest BCUT2D eigenvalue weighted by Crippen LogP contribution is -2.38. The summed E-state index contributed by atoms with van der Waals surface area (Å²) in [6, 6.07) is 6.63. The van der Waals surface area contributed by atoms with Gasteiger partial charge < -0.3 is 15.4 Å². The zero-order valence-corrected chi connectivity index (χ0v) is 8.63. The van der Waals surface area contributed by atoms with E-state index in [9.17, 15) is 0 Å². The van der Waals surface area contributed by atoms with Crippen LogP contribution in [-0.2, 0) is 6.42 Å². The molecule has 76 valence electrons. The first-order chi connectivity index (χ1) is 6.85. The Morgan fingerprint density at radius 2 is 2.36 bits per heavy atom. The van der Waals surface area contributed by atoms with Crippen molar-refractivity contribution in [2.75, 3.05) is 26.0 Å². The highest BCUT2D eigenvalue weighted by molar-refractivity contribution is 5.59. The van der Waals surface area contributed by atoms with Crippen LogP contribution in [-0.4, -0.2) is 26.7 Å². The summed E-state index contributed by atoms with van der Waals surface area (Å²) in [5.41, 5.74) is 2.48. The molecule has 1 aromatic rings. The monoisotopic (exact) mass is 192 g/mol. The van der Waals surface area contributed by atoms with E-state index in [1.807, 2.05) is 19.2 Å². The number of hydrogen-bond acceptors (Lipinski definition) is 3. The maximum absolute atomic E-state index is 5.34. The summed E-state index contributed by atoms with van der Waals surface area (Å²) in [6.45, 7) is 0.983. The molecule has 1 aromatic carbocycles. The number of likely N-dealkylation sites (N-methyl/N-ethyl adjacent to an activating group) is 1. The Balaban J connectivity index is 2.33. The second-order valence-corrected chi connectivity index (χ2v) is 3.56. The summed E-state index contributed by atoms with van der Waals surface area (Å²) >= 11 is 0. The Kier molecular flexibility index (Phi) is 2.59. The van der Waals surface area contributed by atoms with Crippen LogP contribution in [0.2, 0.25) is 0 Å². The average molecular weight is 192 g/mol. The third-order valence-electron chi connectivity index (χ3n) is 2.75. The van der Waals surface area contributed by atoms with Gasteiger partial charge in [0.1, 0.15) is 5.75 Å². The van der Waals surface area contributed by atoms with E-state index in [0.29, 0.717) is 6.04 Å². The minimum Gasteiger partial charge on any atom is -0.496 e. The van der Waals surface area contributed by atoms with E-state index in [-0.39, 0.29) is 0 Å². The molecule has 0 amide bonds. The molecule has 3 heteroatoms. The fraction of sp³-hybridized carbons (Fsp3) is 0.455. The van der Waals surface area contributed by atoms with Crippen molar-refractivity contribution in [3.8, 4) is 5.75 Å². The van der Waals surface area contributed by atoms with Crippen LogP contribution >= 0.6 is 0 Å². The number of fused-ring (bicyclic) bond motifs is 1. The molecule has 1 atom stereocenters. The second kappa shape index (κ2) is 3.88. The second-order valence-electron chi connectivity index (χ2n) is 3.56. The van der Waals surface area contributed by atoms with Crippen LogP contribution in [0.25, 0.3) is 0 Å². The van der Waals surface area contributed by atoms with Gasteiger partial charge in [-0.15, -0.1) is 0 Å². The van der Waals surface area contributed by atoms with Crippen molar-refractivity contribution in [1.82, 2.24) is 5.32 Å².